The molecule has 0 spiro atoms. The first-order valence-corrected chi connectivity index (χ1v) is 5.99. The van der Waals surface area contributed by atoms with Crippen LogP contribution in [0.5, 0.6) is 0 Å². The van der Waals surface area contributed by atoms with Crippen molar-refractivity contribution in [1.29, 1.82) is 0 Å². The molecule has 0 atom stereocenters. The summed E-state index contributed by atoms with van der Waals surface area (Å²) in [5, 5.41) is 25.4. The van der Waals surface area contributed by atoms with Crippen LogP contribution >= 0.6 is 0 Å². The van der Waals surface area contributed by atoms with Gasteiger partial charge in [0.2, 0.25) is 0 Å². The Hall–Kier alpha value is -2.35. The lowest BCUT2D eigenvalue weighted by atomic mass is 10.3. The van der Waals surface area contributed by atoms with Crippen LogP contribution in [0.2, 0.25) is 0 Å². The van der Waals surface area contributed by atoms with Crippen molar-refractivity contribution in [2.75, 3.05) is 0 Å². The van der Waals surface area contributed by atoms with Gasteiger partial charge in [-0.3, -0.25) is 10.1 Å². The van der Waals surface area contributed by atoms with Gasteiger partial charge in [0.15, 0.2) is 5.82 Å². The molecule has 1 N–H and O–H groups in total. The van der Waals surface area contributed by atoms with Gasteiger partial charge in [0.05, 0.1) is 17.2 Å². The zero-order valence-corrected chi connectivity index (χ0v) is 10.1. The minimum atomic E-state index is -0.432. The molecule has 19 heavy (non-hydrogen) atoms. The van der Waals surface area contributed by atoms with Gasteiger partial charge in [-0.2, -0.15) is 4.68 Å². The Kier molecular flexibility index (Phi) is 2.92. The third kappa shape index (κ3) is 2.58. The molecule has 0 amide bonds. The summed E-state index contributed by atoms with van der Waals surface area (Å²) in [5.74, 6) is 0.695. The van der Waals surface area contributed by atoms with Crippen molar-refractivity contribution >= 4 is 5.69 Å². The van der Waals surface area contributed by atoms with Crippen LogP contribution in [0, 0.1) is 10.1 Å². The Morgan fingerprint density at radius 1 is 1.37 bits per heavy atom. The summed E-state index contributed by atoms with van der Waals surface area (Å²) >= 11 is 0. The Bertz CT molecular complexity index is 589. The third-order valence-electron chi connectivity index (χ3n) is 2.97. The topological polar surface area (TPSA) is 98.8 Å². The van der Waals surface area contributed by atoms with Crippen LogP contribution in [0.15, 0.2) is 24.3 Å². The number of nitrogens with zero attached hydrogens (tertiary/aromatic N) is 5. The fourth-order valence-electron chi connectivity index (χ4n) is 1.76. The summed E-state index contributed by atoms with van der Waals surface area (Å²) in [7, 11) is 0. The van der Waals surface area contributed by atoms with Crippen molar-refractivity contribution < 1.29 is 4.92 Å². The molecular formula is C11H12N6O2. The van der Waals surface area contributed by atoms with E-state index in [1.54, 1.807) is 16.8 Å². The van der Waals surface area contributed by atoms with Gasteiger partial charge in [0, 0.05) is 18.2 Å². The van der Waals surface area contributed by atoms with E-state index in [0.717, 1.165) is 0 Å². The molecule has 8 heteroatoms. The maximum Gasteiger partial charge on any atom is 0.269 e. The molecule has 1 aromatic carbocycles. The minimum Gasteiger partial charge on any atom is -0.307 e. The average molecular weight is 260 g/mol. The molecule has 1 aliphatic carbocycles. The molecule has 98 valence electrons. The lowest BCUT2D eigenvalue weighted by molar-refractivity contribution is -0.384. The summed E-state index contributed by atoms with van der Waals surface area (Å²) in [6.07, 6.45) is 2.39. The number of nitro groups is 1. The smallest absolute Gasteiger partial charge is 0.269 e. The summed E-state index contributed by atoms with van der Waals surface area (Å²) < 4.78 is 1.58. The van der Waals surface area contributed by atoms with Crippen molar-refractivity contribution in [3.8, 4) is 5.69 Å². The monoisotopic (exact) mass is 260 g/mol. The maximum absolute atomic E-state index is 10.6. The third-order valence-corrected chi connectivity index (χ3v) is 2.97. The van der Waals surface area contributed by atoms with E-state index in [0.29, 0.717) is 24.1 Å². The van der Waals surface area contributed by atoms with Crippen molar-refractivity contribution in [1.82, 2.24) is 25.5 Å². The molecule has 0 saturated heterocycles. The fourth-order valence-corrected chi connectivity index (χ4v) is 1.76. The fraction of sp³-hybridized carbons (Fsp3) is 0.364. The van der Waals surface area contributed by atoms with Crippen molar-refractivity contribution in [3.63, 3.8) is 0 Å². The molecule has 1 aromatic heterocycles. The molecule has 1 heterocycles. The standard InChI is InChI=1S/C11H12N6O2/c18-17(19)10-5-3-9(4-6-10)16-11(13-14-15-16)7-12-8-1-2-8/h3-6,8,12H,1-2,7H2. The molecule has 0 unspecified atom stereocenters. The van der Waals surface area contributed by atoms with Crippen LogP contribution < -0.4 is 5.32 Å². The van der Waals surface area contributed by atoms with Crippen LogP contribution in [0.25, 0.3) is 5.69 Å². The molecule has 1 fully saturated rings. The average Bonchev–Trinajstić information content (AvgIpc) is 3.13. The number of hydrogen-bond acceptors (Lipinski definition) is 6. The molecule has 0 bridgehead atoms. The molecule has 1 aliphatic rings. The van der Waals surface area contributed by atoms with Gasteiger partial charge >= 0.3 is 0 Å². The highest BCUT2D eigenvalue weighted by Gasteiger charge is 2.21. The molecular weight excluding hydrogens is 248 g/mol. The van der Waals surface area contributed by atoms with E-state index in [4.69, 9.17) is 0 Å². The Morgan fingerprint density at radius 3 is 2.74 bits per heavy atom. The van der Waals surface area contributed by atoms with Gasteiger partial charge in [0.1, 0.15) is 0 Å². The first-order valence-electron chi connectivity index (χ1n) is 5.99. The maximum atomic E-state index is 10.6. The second-order valence-electron chi connectivity index (χ2n) is 4.44. The van der Waals surface area contributed by atoms with E-state index in [1.165, 1.54) is 25.0 Å². The Balaban J connectivity index is 1.80. The summed E-state index contributed by atoms with van der Waals surface area (Å²) in [6.45, 7) is 0.592. The molecule has 8 nitrogen and oxygen atoms in total. The number of non-ortho nitro benzene ring substituents is 1. The SMILES string of the molecule is O=[N+]([O-])c1ccc(-n2nnnc2CNC2CC2)cc1. The van der Waals surface area contributed by atoms with Crippen LogP contribution in [-0.4, -0.2) is 31.2 Å². The largest absolute Gasteiger partial charge is 0.307 e. The van der Waals surface area contributed by atoms with Gasteiger partial charge in [-0.1, -0.05) is 0 Å². The zero-order valence-electron chi connectivity index (χ0n) is 10.1. The number of benzene rings is 1. The number of nitro benzene ring substituents is 1. The van der Waals surface area contributed by atoms with E-state index < -0.39 is 4.92 Å². The highest BCUT2D eigenvalue weighted by atomic mass is 16.6. The number of nitrogens with one attached hydrogen (secondary N) is 1. The van der Waals surface area contributed by atoms with Crippen molar-refractivity contribution in [3.05, 3.63) is 40.2 Å². The summed E-state index contributed by atoms with van der Waals surface area (Å²) in [4.78, 5) is 10.2. The van der Waals surface area contributed by atoms with E-state index in [1.807, 2.05) is 0 Å². The lowest BCUT2D eigenvalue weighted by Crippen LogP contribution is -2.18. The lowest BCUT2D eigenvalue weighted by Gasteiger charge is -2.04. The Labute approximate surface area is 108 Å². The van der Waals surface area contributed by atoms with Gasteiger partial charge in [-0.25, -0.2) is 0 Å². The predicted octanol–water partition coefficient (Wildman–Crippen LogP) is 0.822. The second kappa shape index (κ2) is 4.73. The summed E-state index contributed by atoms with van der Waals surface area (Å²) in [5.41, 5.74) is 0.762. The first kappa shape index (κ1) is 11.7. The van der Waals surface area contributed by atoms with Crippen molar-refractivity contribution in [2.45, 2.75) is 25.4 Å². The molecule has 1 saturated carbocycles. The zero-order chi connectivity index (χ0) is 13.2. The molecule has 0 aliphatic heterocycles. The van der Waals surface area contributed by atoms with Gasteiger partial charge in [-0.05, 0) is 35.4 Å². The van der Waals surface area contributed by atoms with Gasteiger partial charge < -0.3 is 5.32 Å². The molecule has 2 aromatic rings. The van der Waals surface area contributed by atoms with Crippen LogP contribution in [0.4, 0.5) is 5.69 Å². The molecule has 3 rings (SSSR count). The number of aromatic nitrogens is 4. The highest BCUT2D eigenvalue weighted by molar-refractivity contribution is 5.40. The number of hydrogen-bond donors (Lipinski definition) is 1. The van der Waals surface area contributed by atoms with Crippen molar-refractivity contribution in [2.24, 2.45) is 0 Å². The number of tetrazole rings is 1. The van der Waals surface area contributed by atoms with E-state index >= 15 is 0 Å². The minimum absolute atomic E-state index is 0.0504. The highest BCUT2D eigenvalue weighted by Crippen LogP contribution is 2.19. The van der Waals surface area contributed by atoms with E-state index in [9.17, 15) is 10.1 Å². The Morgan fingerprint density at radius 2 is 2.11 bits per heavy atom. The van der Waals surface area contributed by atoms with E-state index in [2.05, 4.69) is 20.8 Å². The van der Waals surface area contributed by atoms with Gasteiger partial charge in [0.25, 0.3) is 5.69 Å². The van der Waals surface area contributed by atoms with Crippen LogP contribution in [-0.2, 0) is 6.54 Å². The van der Waals surface area contributed by atoms with E-state index in [-0.39, 0.29) is 5.69 Å². The van der Waals surface area contributed by atoms with Gasteiger partial charge in [-0.15, -0.1) is 5.10 Å². The summed E-state index contributed by atoms with van der Waals surface area (Å²) in [6, 6.07) is 6.72. The normalized spacial score (nSPS) is 14.5. The van der Waals surface area contributed by atoms with Crippen LogP contribution in [0.3, 0.4) is 0 Å². The number of rotatable bonds is 5. The molecule has 0 radical (unpaired) electrons. The first-order chi connectivity index (χ1) is 9.24. The quantitative estimate of drug-likeness (QED) is 0.631. The predicted molar refractivity (Wildman–Crippen MR) is 65.7 cm³/mol. The second-order valence-corrected chi connectivity index (χ2v) is 4.44. The van der Waals surface area contributed by atoms with Crippen LogP contribution in [0.1, 0.15) is 18.7 Å².